The molecule has 156 valence electrons. The molecule has 2 aromatic rings. The van der Waals surface area contributed by atoms with Crippen molar-refractivity contribution in [1.29, 1.82) is 0 Å². The maximum absolute atomic E-state index is 12.9. The van der Waals surface area contributed by atoms with Crippen LogP contribution in [0.5, 0.6) is 5.75 Å². The molecule has 2 amide bonds. The van der Waals surface area contributed by atoms with E-state index < -0.39 is 6.04 Å². The monoisotopic (exact) mass is 500 g/mol. The second kappa shape index (κ2) is 10.9. The van der Waals surface area contributed by atoms with Crippen molar-refractivity contribution in [3.8, 4) is 5.75 Å². The van der Waals surface area contributed by atoms with Crippen LogP contribution in [0.25, 0.3) is 0 Å². The van der Waals surface area contributed by atoms with Gasteiger partial charge in [0.05, 0.1) is 4.47 Å². The molecular weight excluding hydrogens is 479 g/mol. The number of hydrogen-bond acceptors (Lipinski definition) is 3. The summed E-state index contributed by atoms with van der Waals surface area (Å²) < 4.78 is 6.48. The molecule has 0 saturated carbocycles. The Bertz CT molecular complexity index is 892. The van der Waals surface area contributed by atoms with Crippen molar-refractivity contribution in [2.45, 2.75) is 32.9 Å². The van der Waals surface area contributed by atoms with Crippen LogP contribution in [-0.4, -0.2) is 36.4 Å². The van der Waals surface area contributed by atoms with Gasteiger partial charge in [0.15, 0.2) is 6.61 Å². The third kappa shape index (κ3) is 6.36. The Balaban J connectivity index is 2.19. The van der Waals surface area contributed by atoms with Crippen molar-refractivity contribution in [2.75, 3.05) is 13.7 Å². The highest BCUT2D eigenvalue weighted by Crippen LogP contribution is 2.27. The lowest BCUT2D eigenvalue weighted by Crippen LogP contribution is -2.48. The van der Waals surface area contributed by atoms with Crippen LogP contribution in [0.2, 0.25) is 10.0 Å². The first-order chi connectivity index (χ1) is 13.8. The standard InChI is InChI=1S/C21H23BrCl2N2O3/c1-4-14-5-8-19(17(22)9-14)29-12-20(27)26(13(2)21(28)25-3)11-15-6-7-16(23)10-18(15)24/h5-10,13H,4,11-12H2,1-3H3,(H,25,28)/t13-/m0/s1. The maximum atomic E-state index is 12.9. The summed E-state index contributed by atoms with van der Waals surface area (Å²) in [5, 5.41) is 3.50. The van der Waals surface area contributed by atoms with Crippen molar-refractivity contribution in [3.63, 3.8) is 0 Å². The number of hydrogen-bond donors (Lipinski definition) is 1. The Kier molecular flexibility index (Phi) is 8.80. The largest absolute Gasteiger partial charge is 0.483 e. The number of aryl methyl sites for hydroxylation is 1. The zero-order valence-corrected chi connectivity index (χ0v) is 19.6. The summed E-state index contributed by atoms with van der Waals surface area (Å²) in [4.78, 5) is 26.5. The molecule has 2 aromatic carbocycles. The molecule has 0 aromatic heterocycles. The van der Waals surface area contributed by atoms with E-state index in [2.05, 4.69) is 28.2 Å². The first-order valence-electron chi connectivity index (χ1n) is 9.13. The van der Waals surface area contributed by atoms with E-state index in [9.17, 15) is 9.59 Å². The predicted octanol–water partition coefficient (Wildman–Crippen LogP) is 4.86. The third-order valence-electron chi connectivity index (χ3n) is 4.53. The third-order valence-corrected chi connectivity index (χ3v) is 5.73. The molecule has 8 heteroatoms. The van der Waals surface area contributed by atoms with Crippen LogP contribution in [-0.2, 0) is 22.6 Å². The first kappa shape index (κ1) is 23.5. The van der Waals surface area contributed by atoms with Crippen LogP contribution in [0.15, 0.2) is 40.9 Å². The first-order valence-corrected chi connectivity index (χ1v) is 10.7. The zero-order valence-electron chi connectivity index (χ0n) is 16.5. The molecule has 0 fully saturated rings. The Labute approximate surface area is 189 Å². The molecule has 0 aliphatic carbocycles. The number of halogens is 3. The van der Waals surface area contributed by atoms with E-state index in [0.29, 0.717) is 21.4 Å². The molecule has 0 bridgehead atoms. The van der Waals surface area contributed by atoms with E-state index in [1.54, 1.807) is 25.1 Å². The summed E-state index contributed by atoms with van der Waals surface area (Å²) in [7, 11) is 1.53. The number of benzene rings is 2. The highest BCUT2D eigenvalue weighted by atomic mass is 79.9. The van der Waals surface area contributed by atoms with Gasteiger partial charge >= 0.3 is 0 Å². The average Bonchev–Trinajstić information content (AvgIpc) is 2.70. The summed E-state index contributed by atoms with van der Waals surface area (Å²) in [6, 6.07) is 10.1. The van der Waals surface area contributed by atoms with E-state index >= 15 is 0 Å². The quantitative estimate of drug-likeness (QED) is 0.561. The Morgan fingerprint density at radius 2 is 1.93 bits per heavy atom. The number of amides is 2. The van der Waals surface area contributed by atoms with Crippen molar-refractivity contribution >= 4 is 50.9 Å². The number of likely N-dealkylation sites (N-methyl/N-ethyl adjacent to an activating group) is 1. The zero-order chi connectivity index (χ0) is 21.6. The fourth-order valence-electron chi connectivity index (χ4n) is 2.73. The Morgan fingerprint density at radius 1 is 1.21 bits per heavy atom. The Hall–Kier alpha value is -1.76. The smallest absolute Gasteiger partial charge is 0.261 e. The van der Waals surface area contributed by atoms with Crippen LogP contribution in [0.1, 0.15) is 25.0 Å². The number of rotatable bonds is 8. The molecule has 1 N–H and O–H groups in total. The SMILES string of the molecule is CCc1ccc(OCC(=O)N(Cc2ccc(Cl)cc2Cl)[C@@H](C)C(=O)NC)c(Br)c1. The molecule has 1 atom stereocenters. The van der Waals surface area contributed by atoms with E-state index in [1.165, 1.54) is 11.9 Å². The Morgan fingerprint density at radius 3 is 2.52 bits per heavy atom. The molecular formula is C21H23BrCl2N2O3. The molecule has 29 heavy (non-hydrogen) atoms. The van der Waals surface area contributed by atoms with E-state index in [-0.39, 0.29) is 25.0 Å². The van der Waals surface area contributed by atoms with Crippen molar-refractivity contribution < 1.29 is 14.3 Å². The fourth-order valence-corrected chi connectivity index (χ4v) is 3.74. The maximum Gasteiger partial charge on any atom is 0.261 e. The molecule has 0 aliphatic heterocycles. The van der Waals surface area contributed by atoms with Gasteiger partial charge in [0.25, 0.3) is 5.91 Å². The molecule has 0 aliphatic rings. The van der Waals surface area contributed by atoms with Crippen LogP contribution in [0.3, 0.4) is 0 Å². The lowest BCUT2D eigenvalue weighted by molar-refractivity contribution is -0.142. The van der Waals surface area contributed by atoms with E-state index in [0.717, 1.165) is 16.5 Å². The lowest BCUT2D eigenvalue weighted by Gasteiger charge is -2.28. The van der Waals surface area contributed by atoms with Crippen molar-refractivity contribution in [3.05, 3.63) is 62.0 Å². The van der Waals surface area contributed by atoms with Gasteiger partial charge in [-0.3, -0.25) is 9.59 Å². The molecule has 5 nitrogen and oxygen atoms in total. The number of carbonyl (C=O) groups is 2. The van der Waals surface area contributed by atoms with Crippen molar-refractivity contribution in [1.82, 2.24) is 10.2 Å². The van der Waals surface area contributed by atoms with Gasteiger partial charge in [-0.2, -0.15) is 0 Å². The fraction of sp³-hybridized carbons (Fsp3) is 0.333. The highest BCUT2D eigenvalue weighted by Gasteiger charge is 2.26. The molecule has 0 spiro atoms. The van der Waals surface area contributed by atoms with Crippen LogP contribution >= 0.6 is 39.1 Å². The molecule has 0 heterocycles. The van der Waals surface area contributed by atoms with Gasteiger partial charge in [-0.05, 0) is 64.7 Å². The van der Waals surface area contributed by atoms with Crippen LogP contribution in [0, 0.1) is 0 Å². The normalized spacial score (nSPS) is 11.7. The summed E-state index contributed by atoms with van der Waals surface area (Å²) in [5.74, 6) is -0.0527. The minimum atomic E-state index is -0.700. The van der Waals surface area contributed by atoms with Crippen LogP contribution < -0.4 is 10.1 Å². The molecule has 0 saturated heterocycles. The van der Waals surface area contributed by atoms with Gasteiger partial charge in [-0.15, -0.1) is 0 Å². The second-order valence-corrected chi connectivity index (χ2v) is 8.15. The predicted molar refractivity (Wildman–Crippen MR) is 120 cm³/mol. The summed E-state index contributed by atoms with van der Waals surface area (Å²) >= 11 is 15.7. The molecule has 0 unspecified atom stereocenters. The minimum Gasteiger partial charge on any atom is -0.483 e. The number of carbonyl (C=O) groups excluding carboxylic acids is 2. The van der Waals surface area contributed by atoms with E-state index in [1.807, 2.05) is 18.2 Å². The lowest BCUT2D eigenvalue weighted by atomic mass is 10.1. The summed E-state index contributed by atoms with van der Waals surface area (Å²) in [6.07, 6.45) is 0.900. The van der Waals surface area contributed by atoms with Gasteiger partial charge in [-0.1, -0.05) is 42.3 Å². The van der Waals surface area contributed by atoms with Gasteiger partial charge in [0.1, 0.15) is 11.8 Å². The highest BCUT2D eigenvalue weighted by molar-refractivity contribution is 9.10. The van der Waals surface area contributed by atoms with Gasteiger partial charge in [0, 0.05) is 23.6 Å². The average molecular weight is 502 g/mol. The van der Waals surface area contributed by atoms with E-state index in [4.69, 9.17) is 27.9 Å². The number of nitrogens with zero attached hydrogens (tertiary/aromatic N) is 1. The minimum absolute atomic E-state index is 0.155. The number of nitrogens with one attached hydrogen (secondary N) is 1. The van der Waals surface area contributed by atoms with Crippen molar-refractivity contribution in [2.24, 2.45) is 0 Å². The summed E-state index contributed by atoms with van der Waals surface area (Å²) in [5.41, 5.74) is 1.84. The summed E-state index contributed by atoms with van der Waals surface area (Å²) in [6.45, 7) is 3.66. The van der Waals surface area contributed by atoms with Crippen LogP contribution in [0.4, 0.5) is 0 Å². The van der Waals surface area contributed by atoms with Gasteiger partial charge in [-0.25, -0.2) is 0 Å². The second-order valence-electron chi connectivity index (χ2n) is 6.45. The molecule has 2 rings (SSSR count). The topological polar surface area (TPSA) is 58.6 Å². The number of ether oxygens (including phenoxy) is 1. The van der Waals surface area contributed by atoms with Gasteiger partial charge in [0.2, 0.25) is 5.91 Å². The van der Waals surface area contributed by atoms with Gasteiger partial charge < -0.3 is 15.0 Å². The molecule has 0 radical (unpaired) electrons.